The van der Waals surface area contributed by atoms with E-state index in [1.165, 1.54) is 0 Å². The Kier molecular flexibility index (Phi) is 4.33. The summed E-state index contributed by atoms with van der Waals surface area (Å²) in [5, 5.41) is 6.24. The maximum atomic E-state index is 11.5. The van der Waals surface area contributed by atoms with Crippen LogP contribution in [0, 0.1) is 5.41 Å². The van der Waals surface area contributed by atoms with E-state index in [1.54, 1.807) is 0 Å². The molecule has 1 heterocycles. The van der Waals surface area contributed by atoms with Gasteiger partial charge in [-0.25, -0.2) is 0 Å². The highest BCUT2D eigenvalue weighted by Gasteiger charge is 2.33. The second kappa shape index (κ2) is 5.15. The number of hydrogen-bond acceptors (Lipinski definition) is 3. The molecular weight excluding hydrogens is 204 g/mol. The molecule has 1 saturated heterocycles. The lowest BCUT2D eigenvalue weighted by Crippen LogP contribution is -2.49. The van der Waals surface area contributed by atoms with Crippen LogP contribution in [-0.4, -0.2) is 37.7 Å². The van der Waals surface area contributed by atoms with Crippen molar-refractivity contribution in [2.24, 2.45) is 5.41 Å². The third-order valence-corrected chi connectivity index (χ3v) is 2.62. The predicted molar refractivity (Wildman–Crippen MR) is 64.3 cm³/mol. The summed E-state index contributed by atoms with van der Waals surface area (Å²) in [6, 6.07) is 0. The zero-order chi connectivity index (χ0) is 12.2. The Morgan fingerprint density at radius 1 is 1.38 bits per heavy atom. The zero-order valence-electron chi connectivity index (χ0n) is 10.9. The average molecular weight is 228 g/mol. The maximum Gasteiger partial charge on any atom is 0.221 e. The fourth-order valence-electron chi connectivity index (χ4n) is 1.50. The first kappa shape index (κ1) is 13.5. The minimum atomic E-state index is 0.0775. The van der Waals surface area contributed by atoms with Gasteiger partial charge >= 0.3 is 0 Å². The van der Waals surface area contributed by atoms with Crippen LogP contribution in [0.3, 0.4) is 0 Å². The number of nitrogens with one attached hydrogen (secondary N) is 2. The van der Waals surface area contributed by atoms with Gasteiger partial charge in [0.1, 0.15) is 0 Å². The summed E-state index contributed by atoms with van der Waals surface area (Å²) < 4.78 is 5.13. The molecule has 0 aromatic rings. The molecule has 0 bridgehead atoms. The lowest BCUT2D eigenvalue weighted by molar-refractivity contribution is -0.126. The van der Waals surface area contributed by atoms with Crippen LogP contribution in [0.25, 0.3) is 0 Å². The van der Waals surface area contributed by atoms with E-state index < -0.39 is 0 Å². The average Bonchev–Trinajstić information content (AvgIpc) is 2.09. The molecule has 0 saturated carbocycles. The Bertz CT molecular complexity index is 242. The fourth-order valence-corrected chi connectivity index (χ4v) is 1.50. The topological polar surface area (TPSA) is 50.4 Å². The van der Waals surface area contributed by atoms with Crippen molar-refractivity contribution in [3.05, 3.63) is 0 Å². The normalized spacial score (nSPS) is 19.0. The highest BCUT2D eigenvalue weighted by Crippen LogP contribution is 2.24. The molecule has 0 radical (unpaired) electrons. The van der Waals surface area contributed by atoms with Gasteiger partial charge in [0.2, 0.25) is 5.91 Å². The van der Waals surface area contributed by atoms with Gasteiger partial charge in [0.05, 0.1) is 13.2 Å². The number of hydrogen-bond donors (Lipinski definition) is 2. The molecule has 1 amide bonds. The van der Waals surface area contributed by atoms with E-state index in [-0.39, 0.29) is 16.9 Å². The molecular formula is C12H24N2O2. The number of rotatable bonds is 5. The van der Waals surface area contributed by atoms with Gasteiger partial charge in [0.15, 0.2) is 0 Å². The Morgan fingerprint density at radius 3 is 2.44 bits per heavy atom. The molecule has 0 aromatic heterocycles. The molecule has 0 spiro atoms. The summed E-state index contributed by atoms with van der Waals surface area (Å²) in [7, 11) is 0. The van der Waals surface area contributed by atoms with Crippen molar-refractivity contribution in [3.63, 3.8) is 0 Å². The number of amides is 1. The minimum absolute atomic E-state index is 0.0775. The summed E-state index contributed by atoms with van der Waals surface area (Å²) in [4.78, 5) is 11.5. The van der Waals surface area contributed by atoms with Crippen molar-refractivity contribution in [2.75, 3.05) is 26.3 Å². The number of ether oxygens (including phenoxy) is 1. The smallest absolute Gasteiger partial charge is 0.221 e. The summed E-state index contributed by atoms with van der Waals surface area (Å²) in [5.41, 5.74) is 0.237. The van der Waals surface area contributed by atoms with Crippen molar-refractivity contribution in [3.8, 4) is 0 Å². The zero-order valence-corrected chi connectivity index (χ0v) is 10.9. The van der Waals surface area contributed by atoms with Crippen LogP contribution in [0.1, 0.15) is 34.1 Å². The highest BCUT2D eigenvalue weighted by atomic mass is 16.5. The first-order chi connectivity index (χ1) is 7.31. The predicted octanol–water partition coefficient (Wildman–Crippen LogP) is 0.917. The van der Waals surface area contributed by atoms with E-state index in [1.807, 2.05) is 0 Å². The molecule has 1 fully saturated rings. The van der Waals surface area contributed by atoms with Crippen LogP contribution in [0.4, 0.5) is 0 Å². The summed E-state index contributed by atoms with van der Waals surface area (Å²) in [5.74, 6) is 0.116. The van der Waals surface area contributed by atoms with Crippen molar-refractivity contribution in [2.45, 2.75) is 39.7 Å². The van der Waals surface area contributed by atoms with E-state index in [9.17, 15) is 4.79 Å². The largest absolute Gasteiger partial charge is 0.380 e. The Morgan fingerprint density at radius 2 is 2.00 bits per heavy atom. The molecule has 0 atom stereocenters. The monoisotopic (exact) mass is 228 g/mol. The van der Waals surface area contributed by atoms with Crippen molar-refractivity contribution in [1.29, 1.82) is 0 Å². The van der Waals surface area contributed by atoms with Gasteiger partial charge in [-0.1, -0.05) is 6.92 Å². The standard InChI is InChI=1S/C12H24N2O2/c1-11(2,3)14-6-5-10(15)13-7-12(4)8-16-9-12/h14H,5-9H2,1-4H3,(H,13,15). The first-order valence-corrected chi connectivity index (χ1v) is 5.90. The molecule has 4 heteroatoms. The minimum Gasteiger partial charge on any atom is -0.380 e. The van der Waals surface area contributed by atoms with Gasteiger partial charge in [0, 0.05) is 30.5 Å². The van der Waals surface area contributed by atoms with Gasteiger partial charge in [0.25, 0.3) is 0 Å². The Balaban J connectivity index is 2.07. The highest BCUT2D eigenvalue weighted by molar-refractivity contribution is 5.76. The van der Waals surface area contributed by atoms with Gasteiger partial charge in [-0.2, -0.15) is 0 Å². The quantitative estimate of drug-likeness (QED) is 0.735. The van der Waals surface area contributed by atoms with Gasteiger partial charge < -0.3 is 15.4 Å². The van der Waals surface area contributed by atoms with Crippen LogP contribution in [0.15, 0.2) is 0 Å². The van der Waals surface area contributed by atoms with E-state index in [4.69, 9.17) is 4.74 Å². The van der Waals surface area contributed by atoms with Gasteiger partial charge in [-0.05, 0) is 20.8 Å². The van der Waals surface area contributed by atoms with E-state index in [2.05, 4.69) is 38.3 Å². The number of carbonyl (C=O) groups is 1. The van der Waals surface area contributed by atoms with Crippen LogP contribution in [0.5, 0.6) is 0 Å². The molecule has 16 heavy (non-hydrogen) atoms. The lowest BCUT2D eigenvalue weighted by Gasteiger charge is -2.38. The Labute approximate surface area is 98.1 Å². The van der Waals surface area contributed by atoms with Gasteiger partial charge in [-0.15, -0.1) is 0 Å². The van der Waals surface area contributed by atoms with Gasteiger partial charge in [-0.3, -0.25) is 4.79 Å². The molecule has 4 nitrogen and oxygen atoms in total. The molecule has 94 valence electrons. The number of carbonyl (C=O) groups excluding carboxylic acids is 1. The van der Waals surface area contributed by atoms with Crippen molar-refractivity contribution >= 4 is 5.91 Å². The third-order valence-electron chi connectivity index (χ3n) is 2.62. The summed E-state index contributed by atoms with van der Waals surface area (Å²) in [6.07, 6.45) is 0.536. The third kappa shape index (κ3) is 4.94. The van der Waals surface area contributed by atoms with Crippen LogP contribution >= 0.6 is 0 Å². The van der Waals surface area contributed by atoms with E-state index in [0.29, 0.717) is 6.42 Å². The molecule has 2 N–H and O–H groups in total. The van der Waals surface area contributed by atoms with E-state index >= 15 is 0 Å². The Hall–Kier alpha value is -0.610. The molecule has 0 unspecified atom stereocenters. The second-order valence-corrected chi connectivity index (χ2v) is 6.01. The fraction of sp³-hybridized carbons (Fsp3) is 0.917. The summed E-state index contributed by atoms with van der Waals surface area (Å²) in [6.45, 7) is 11.4. The van der Waals surface area contributed by atoms with Crippen LogP contribution in [0.2, 0.25) is 0 Å². The molecule has 1 rings (SSSR count). The van der Waals surface area contributed by atoms with Crippen LogP contribution in [-0.2, 0) is 9.53 Å². The molecule has 1 aliphatic heterocycles. The van der Waals surface area contributed by atoms with Crippen molar-refractivity contribution < 1.29 is 9.53 Å². The maximum absolute atomic E-state index is 11.5. The first-order valence-electron chi connectivity index (χ1n) is 5.90. The SMILES string of the molecule is CC1(CNC(=O)CCNC(C)(C)C)COC1. The molecule has 0 aliphatic carbocycles. The second-order valence-electron chi connectivity index (χ2n) is 6.01. The molecule has 1 aliphatic rings. The molecule has 0 aromatic carbocycles. The van der Waals surface area contributed by atoms with Crippen molar-refractivity contribution in [1.82, 2.24) is 10.6 Å². The van der Waals surface area contributed by atoms with E-state index in [0.717, 1.165) is 26.3 Å². The van der Waals surface area contributed by atoms with Crippen LogP contribution < -0.4 is 10.6 Å². The lowest BCUT2D eigenvalue weighted by atomic mass is 9.89. The summed E-state index contributed by atoms with van der Waals surface area (Å²) >= 11 is 0.